The Bertz CT molecular complexity index is 1540. The van der Waals surface area contributed by atoms with E-state index in [-0.39, 0.29) is 12.0 Å². The Morgan fingerprint density at radius 2 is 1.73 bits per heavy atom. The van der Waals surface area contributed by atoms with Gasteiger partial charge in [0.05, 0.1) is 32.9 Å². The van der Waals surface area contributed by atoms with E-state index < -0.39 is 0 Å². The van der Waals surface area contributed by atoms with E-state index in [1.165, 1.54) is 28.7 Å². The van der Waals surface area contributed by atoms with Gasteiger partial charge in [0.2, 0.25) is 0 Å². The molecule has 0 saturated carbocycles. The summed E-state index contributed by atoms with van der Waals surface area (Å²) in [6.45, 7) is 4.93. The molecule has 0 aliphatic heterocycles. The van der Waals surface area contributed by atoms with Crippen molar-refractivity contribution < 1.29 is 19.0 Å². The zero-order valence-corrected chi connectivity index (χ0v) is 27.7. The molecule has 0 aliphatic carbocycles. The number of fused-ring (bicyclic) bond motifs is 1. The lowest BCUT2D eigenvalue weighted by atomic mass is 10.00. The minimum atomic E-state index is -0.131. The number of aromatic nitrogens is 2. The molecule has 2 aromatic heterocycles. The van der Waals surface area contributed by atoms with Crippen molar-refractivity contribution in [2.75, 3.05) is 33.7 Å². The first-order valence-corrected chi connectivity index (χ1v) is 16.3. The summed E-state index contributed by atoms with van der Waals surface area (Å²) < 4.78 is 16.4. The van der Waals surface area contributed by atoms with E-state index in [4.69, 9.17) is 24.2 Å². The van der Waals surface area contributed by atoms with Gasteiger partial charge in [-0.15, -0.1) is 11.3 Å². The van der Waals surface area contributed by atoms with Gasteiger partial charge < -0.3 is 24.8 Å². The second-order valence-electron chi connectivity index (χ2n) is 11.1. The first-order valence-electron chi connectivity index (χ1n) is 15.5. The van der Waals surface area contributed by atoms with Gasteiger partial charge in [-0.3, -0.25) is 4.79 Å². The molecular formula is C35H46N4O4S. The topological polar surface area (TPSA) is 94.6 Å². The number of nitrogens with one attached hydrogen (secondary N) is 2. The normalized spacial score (nSPS) is 11.9. The van der Waals surface area contributed by atoms with Crippen LogP contribution in [0.3, 0.4) is 0 Å². The Morgan fingerprint density at radius 3 is 2.45 bits per heavy atom. The van der Waals surface area contributed by atoms with Gasteiger partial charge in [0.15, 0.2) is 11.5 Å². The predicted octanol–water partition coefficient (Wildman–Crippen LogP) is 8.02. The fourth-order valence-electron chi connectivity index (χ4n) is 5.64. The van der Waals surface area contributed by atoms with Gasteiger partial charge in [-0.1, -0.05) is 49.9 Å². The molecule has 0 spiro atoms. The maximum absolute atomic E-state index is 11.3. The molecule has 2 aromatic carbocycles. The highest BCUT2D eigenvalue weighted by Gasteiger charge is 2.21. The molecule has 0 bridgehead atoms. The van der Waals surface area contributed by atoms with Gasteiger partial charge in [0.1, 0.15) is 11.6 Å². The lowest BCUT2D eigenvalue weighted by molar-refractivity contribution is -0.140. The molecule has 8 nitrogen and oxygen atoms in total. The van der Waals surface area contributed by atoms with E-state index in [0.717, 1.165) is 79.5 Å². The quantitative estimate of drug-likeness (QED) is 0.0908. The summed E-state index contributed by atoms with van der Waals surface area (Å²) in [6.07, 6.45) is 7.55. The number of nitrogens with zero attached hydrogens (tertiary/aromatic N) is 2. The fourth-order valence-corrected chi connectivity index (χ4v) is 6.56. The lowest BCUT2D eigenvalue weighted by Gasteiger charge is -2.19. The highest BCUT2D eigenvalue weighted by atomic mass is 32.1. The number of aryl methyl sites for hydroxylation is 2. The van der Waals surface area contributed by atoms with Gasteiger partial charge in [0, 0.05) is 28.8 Å². The Kier molecular flexibility index (Phi) is 12.4. The van der Waals surface area contributed by atoms with E-state index >= 15 is 0 Å². The van der Waals surface area contributed by atoms with Gasteiger partial charge in [-0.2, -0.15) is 0 Å². The molecule has 0 saturated heterocycles. The molecule has 1 unspecified atom stereocenters. The fraction of sp³-hybridized carbons (Fsp3) is 0.457. The Morgan fingerprint density at radius 1 is 0.977 bits per heavy atom. The van der Waals surface area contributed by atoms with Crippen molar-refractivity contribution in [2.45, 2.75) is 77.8 Å². The number of anilines is 1. The zero-order valence-electron chi connectivity index (χ0n) is 26.9. The zero-order chi connectivity index (χ0) is 31.5. The summed E-state index contributed by atoms with van der Waals surface area (Å²) >= 11 is 1.75. The van der Waals surface area contributed by atoms with Crippen LogP contribution in [-0.4, -0.2) is 44.3 Å². The average molecular weight is 619 g/mol. The van der Waals surface area contributed by atoms with Gasteiger partial charge in [0.25, 0.3) is 0 Å². The molecule has 0 radical (unpaired) electrons. The molecule has 0 fully saturated rings. The summed E-state index contributed by atoms with van der Waals surface area (Å²) in [4.78, 5) is 22.3. The summed E-state index contributed by atoms with van der Waals surface area (Å²) in [6, 6.07) is 12.8. The Hall–Kier alpha value is -3.69. The minimum absolute atomic E-state index is 0.0402. The molecule has 2 N–H and O–H groups in total. The monoisotopic (exact) mass is 618 g/mol. The van der Waals surface area contributed by atoms with Crippen molar-refractivity contribution in [3.05, 3.63) is 63.6 Å². The largest absolute Gasteiger partial charge is 0.493 e. The standard InChI is InChI=1S/C35H46N4O4S/c1-23(31-19-26(22-44-31)27-16-14-13-15-25(27)21-36-3)37-35-29-20-30(41-4)34(43-6)28(33(29)38-24(2)39-35)17-11-9-7-8-10-12-18-32(40)42-5/h13-16,19-20,22-23,36H,7-12,17-18,21H2,1-6H3,(H,37,38,39). The number of carbonyl (C=O) groups is 1. The van der Waals surface area contributed by atoms with Crippen LogP contribution in [0.15, 0.2) is 41.8 Å². The average Bonchev–Trinajstić information content (AvgIpc) is 3.52. The molecule has 4 rings (SSSR count). The van der Waals surface area contributed by atoms with Crippen LogP contribution in [0.2, 0.25) is 0 Å². The number of thiophene rings is 1. The van der Waals surface area contributed by atoms with Crippen molar-refractivity contribution in [3.8, 4) is 22.6 Å². The van der Waals surface area contributed by atoms with Crippen LogP contribution in [0.5, 0.6) is 11.5 Å². The van der Waals surface area contributed by atoms with Crippen molar-refractivity contribution in [1.82, 2.24) is 15.3 Å². The predicted molar refractivity (Wildman–Crippen MR) is 180 cm³/mol. The maximum atomic E-state index is 11.3. The smallest absolute Gasteiger partial charge is 0.305 e. The first-order chi connectivity index (χ1) is 21.4. The highest BCUT2D eigenvalue weighted by molar-refractivity contribution is 7.10. The summed E-state index contributed by atoms with van der Waals surface area (Å²) in [5.41, 5.74) is 5.71. The molecule has 0 amide bonds. The van der Waals surface area contributed by atoms with Crippen LogP contribution in [0.25, 0.3) is 22.0 Å². The third-order valence-electron chi connectivity index (χ3n) is 7.92. The molecule has 4 aromatic rings. The summed E-state index contributed by atoms with van der Waals surface area (Å²) in [5, 5.41) is 10.1. The van der Waals surface area contributed by atoms with Crippen LogP contribution in [0, 0.1) is 6.92 Å². The van der Waals surface area contributed by atoms with Crippen molar-refractivity contribution >= 4 is 34.0 Å². The number of hydrogen-bond acceptors (Lipinski definition) is 9. The molecule has 0 aliphatic rings. The van der Waals surface area contributed by atoms with Gasteiger partial charge in [-0.25, -0.2) is 9.97 Å². The third-order valence-corrected chi connectivity index (χ3v) is 9.04. The number of carbonyl (C=O) groups excluding carboxylic acids is 1. The van der Waals surface area contributed by atoms with Gasteiger partial charge >= 0.3 is 5.97 Å². The summed E-state index contributed by atoms with van der Waals surface area (Å²) in [7, 11) is 6.78. The van der Waals surface area contributed by atoms with Crippen LogP contribution in [0.1, 0.15) is 79.7 Å². The van der Waals surface area contributed by atoms with Crippen LogP contribution >= 0.6 is 11.3 Å². The number of esters is 1. The van der Waals surface area contributed by atoms with E-state index in [1.807, 2.05) is 20.0 Å². The highest BCUT2D eigenvalue weighted by Crippen LogP contribution is 2.41. The number of ether oxygens (including phenoxy) is 3. The second kappa shape index (κ2) is 16.4. The number of benzene rings is 2. The first kappa shape index (κ1) is 33.2. The van der Waals surface area contributed by atoms with Crippen LogP contribution in [0.4, 0.5) is 5.82 Å². The van der Waals surface area contributed by atoms with Crippen molar-refractivity contribution in [3.63, 3.8) is 0 Å². The van der Waals surface area contributed by atoms with Gasteiger partial charge in [-0.05, 0) is 74.4 Å². The minimum Gasteiger partial charge on any atom is -0.493 e. The van der Waals surface area contributed by atoms with E-state index in [0.29, 0.717) is 18.0 Å². The molecule has 9 heteroatoms. The molecule has 236 valence electrons. The second-order valence-corrected chi connectivity index (χ2v) is 12.0. The molecule has 2 heterocycles. The lowest BCUT2D eigenvalue weighted by Crippen LogP contribution is -2.10. The molecule has 44 heavy (non-hydrogen) atoms. The Labute approximate surface area is 265 Å². The number of hydrogen-bond donors (Lipinski definition) is 2. The molecular weight excluding hydrogens is 572 g/mol. The molecule has 1 atom stereocenters. The maximum Gasteiger partial charge on any atom is 0.305 e. The number of unbranched alkanes of at least 4 members (excludes halogenated alkanes) is 5. The van der Waals surface area contributed by atoms with E-state index in [9.17, 15) is 4.79 Å². The van der Waals surface area contributed by atoms with Crippen molar-refractivity contribution in [2.24, 2.45) is 0 Å². The van der Waals surface area contributed by atoms with E-state index in [2.05, 4.69) is 53.3 Å². The van der Waals surface area contributed by atoms with Crippen LogP contribution in [-0.2, 0) is 22.5 Å². The van der Waals surface area contributed by atoms with Crippen molar-refractivity contribution in [1.29, 1.82) is 0 Å². The SMILES string of the molecule is CNCc1ccccc1-c1csc(C(C)Nc2nc(C)nc3c(CCCCCCCCC(=O)OC)c(OC)c(OC)cc23)c1. The van der Waals surface area contributed by atoms with Crippen LogP contribution < -0.4 is 20.1 Å². The number of methoxy groups -OCH3 is 3. The number of rotatable bonds is 17. The Balaban J connectivity index is 1.53. The summed E-state index contributed by atoms with van der Waals surface area (Å²) in [5.74, 6) is 2.78. The van der Waals surface area contributed by atoms with E-state index in [1.54, 1.807) is 25.6 Å². The third kappa shape index (κ3) is 8.27.